The van der Waals surface area contributed by atoms with Gasteiger partial charge < -0.3 is 29.7 Å². The normalized spacial score (nSPS) is 25.1. The number of thiocarbonyl (C=S) groups is 1. The van der Waals surface area contributed by atoms with Crippen LogP contribution in [-0.4, -0.2) is 60.6 Å². The molecular formula is C34H45NO6S3. The fourth-order valence-corrected chi connectivity index (χ4v) is 8.99. The lowest BCUT2D eigenvalue weighted by molar-refractivity contribution is -0.169. The summed E-state index contributed by atoms with van der Waals surface area (Å²) in [4.78, 5) is 15.3. The quantitative estimate of drug-likeness (QED) is 0.0874. The molecule has 6 atom stereocenters. The van der Waals surface area contributed by atoms with Crippen molar-refractivity contribution in [3.63, 3.8) is 0 Å². The molecule has 1 aromatic rings. The maximum atomic E-state index is 13.0. The molecule has 0 aromatic heterocycles. The minimum atomic E-state index is -0.987. The average Bonchev–Trinajstić information content (AvgIpc) is 3.28. The molecule has 1 fully saturated rings. The SMILES string of the molecule is C=CCOC(=O)C1=C(CSC(=S)Oc2cc(CCCCC)cc(O)c2[C@@H]2C=C(C)CC[C@H]2C(=C)C)SC2[C@@H]([C@@H](C)O)C(O)N12. The molecule has 7 nitrogen and oxygen atoms in total. The van der Waals surface area contributed by atoms with E-state index in [0.29, 0.717) is 16.4 Å². The number of nitrogens with zero attached hydrogens (tertiary/aromatic N) is 1. The van der Waals surface area contributed by atoms with Crippen LogP contribution in [-0.2, 0) is 16.0 Å². The molecule has 240 valence electrons. The van der Waals surface area contributed by atoms with Crippen molar-refractivity contribution in [2.45, 2.75) is 89.8 Å². The topological polar surface area (TPSA) is 99.5 Å². The van der Waals surface area contributed by atoms with E-state index >= 15 is 0 Å². The Bertz CT molecular complexity index is 1340. The second kappa shape index (κ2) is 15.4. The average molecular weight is 660 g/mol. The van der Waals surface area contributed by atoms with Gasteiger partial charge in [0.25, 0.3) is 0 Å². The molecule has 2 heterocycles. The van der Waals surface area contributed by atoms with Crippen LogP contribution < -0.4 is 4.74 Å². The molecule has 1 aliphatic carbocycles. The van der Waals surface area contributed by atoms with Gasteiger partial charge in [-0.25, -0.2) is 4.79 Å². The summed E-state index contributed by atoms with van der Waals surface area (Å²) in [6.07, 6.45) is 7.96. The Balaban J connectivity index is 1.60. The van der Waals surface area contributed by atoms with Crippen molar-refractivity contribution in [3.05, 3.63) is 70.3 Å². The molecular weight excluding hydrogens is 615 g/mol. The monoisotopic (exact) mass is 659 g/mol. The van der Waals surface area contributed by atoms with Crippen LogP contribution in [0.15, 0.2) is 59.2 Å². The number of phenolic OH excluding ortho intramolecular Hbond substituents is 1. The van der Waals surface area contributed by atoms with Crippen LogP contribution in [0.25, 0.3) is 0 Å². The van der Waals surface area contributed by atoms with Crippen molar-refractivity contribution in [2.75, 3.05) is 12.4 Å². The number of esters is 1. The molecule has 0 amide bonds. The van der Waals surface area contributed by atoms with E-state index in [-0.39, 0.29) is 39.6 Å². The van der Waals surface area contributed by atoms with Gasteiger partial charge in [0.05, 0.1) is 17.4 Å². The standard InChI is InChI=1S/C34H45NO6S3/c1-7-9-10-11-22-16-25(37)29(24-15-20(5)12-13-23(24)19(3)4)26(17-22)41-34(42)43-18-27-30(33(39)40-14-8-2)35-31(38)28(21(6)36)32(35)44-27/h8,15-17,21,23-24,28,31-32,36-38H,2-3,7,9-14,18H2,1,4-6H3/t21-,23+,24-,28+,31?,32?/m1/s1. The lowest BCUT2D eigenvalue weighted by Crippen LogP contribution is -2.63. The Kier molecular flexibility index (Phi) is 12.1. The van der Waals surface area contributed by atoms with Crippen molar-refractivity contribution in [3.8, 4) is 11.5 Å². The highest BCUT2D eigenvalue weighted by Gasteiger charge is 2.57. The number of unbranched alkanes of at least 4 members (excludes halogenated alkanes) is 2. The predicted molar refractivity (Wildman–Crippen MR) is 184 cm³/mol. The van der Waals surface area contributed by atoms with Gasteiger partial charge in [0, 0.05) is 22.1 Å². The van der Waals surface area contributed by atoms with Crippen molar-refractivity contribution < 1.29 is 29.6 Å². The largest absolute Gasteiger partial charge is 0.507 e. The van der Waals surface area contributed by atoms with Crippen LogP contribution in [0.5, 0.6) is 11.5 Å². The maximum Gasteiger partial charge on any atom is 0.355 e. The van der Waals surface area contributed by atoms with E-state index in [2.05, 4.69) is 33.1 Å². The Morgan fingerprint density at radius 1 is 1.34 bits per heavy atom. The summed E-state index contributed by atoms with van der Waals surface area (Å²) in [5.41, 5.74) is 4.33. The van der Waals surface area contributed by atoms with Gasteiger partial charge in [-0.2, -0.15) is 0 Å². The molecule has 0 radical (unpaired) electrons. The summed E-state index contributed by atoms with van der Waals surface area (Å²) < 4.78 is 12.0. The Labute approximate surface area is 275 Å². The van der Waals surface area contributed by atoms with E-state index in [1.54, 1.807) is 11.8 Å². The van der Waals surface area contributed by atoms with Crippen molar-refractivity contribution in [2.24, 2.45) is 11.8 Å². The zero-order valence-electron chi connectivity index (χ0n) is 26.1. The first-order chi connectivity index (χ1) is 21.0. The van der Waals surface area contributed by atoms with Crippen LogP contribution in [0.1, 0.15) is 76.8 Å². The lowest BCUT2D eigenvalue weighted by Gasteiger charge is -2.51. The predicted octanol–water partition coefficient (Wildman–Crippen LogP) is 7.18. The molecule has 2 unspecified atom stereocenters. The number of aliphatic hydroxyl groups excluding tert-OH is 2. The molecule has 3 N–H and O–H groups in total. The number of carbonyl (C=O) groups is 1. The summed E-state index contributed by atoms with van der Waals surface area (Å²) in [5.74, 6) is 0.195. The van der Waals surface area contributed by atoms with Crippen molar-refractivity contribution in [1.29, 1.82) is 0 Å². The Hall–Kier alpha value is -2.24. The number of rotatable bonds is 13. The molecule has 44 heavy (non-hydrogen) atoms. The van der Waals surface area contributed by atoms with E-state index in [1.807, 2.05) is 19.1 Å². The number of fused-ring (bicyclic) bond motifs is 1. The van der Waals surface area contributed by atoms with E-state index < -0.39 is 24.2 Å². The number of ether oxygens (including phenoxy) is 2. The fourth-order valence-electron chi connectivity index (χ4n) is 6.28. The molecule has 0 saturated carbocycles. The summed E-state index contributed by atoms with van der Waals surface area (Å²) in [5, 5.41) is 32.1. The third-order valence-corrected chi connectivity index (χ3v) is 11.4. The van der Waals surface area contributed by atoms with Crippen LogP contribution in [0, 0.1) is 11.8 Å². The Morgan fingerprint density at radius 2 is 2.09 bits per heavy atom. The molecule has 4 rings (SSSR count). The van der Waals surface area contributed by atoms with E-state index in [4.69, 9.17) is 21.7 Å². The third kappa shape index (κ3) is 7.58. The second-order valence-electron chi connectivity index (χ2n) is 12.0. The number of hydrogen-bond acceptors (Lipinski definition) is 10. The van der Waals surface area contributed by atoms with Crippen LogP contribution in [0.4, 0.5) is 0 Å². The minimum absolute atomic E-state index is 0.0461. The van der Waals surface area contributed by atoms with E-state index in [9.17, 15) is 20.1 Å². The number of aliphatic hydroxyl groups is 2. The Morgan fingerprint density at radius 3 is 2.75 bits per heavy atom. The zero-order valence-corrected chi connectivity index (χ0v) is 28.5. The first-order valence-electron chi connectivity index (χ1n) is 15.3. The number of hydrogen-bond donors (Lipinski definition) is 3. The second-order valence-corrected chi connectivity index (χ2v) is 14.7. The van der Waals surface area contributed by atoms with Crippen molar-refractivity contribution in [1.82, 2.24) is 4.90 Å². The van der Waals surface area contributed by atoms with Gasteiger partial charge in [0.15, 0.2) is 0 Å². The first kappa shape index (κ1) is 34.6. The molecule has 1 saturated heterocycles. The number of benzene rings is 1. The number of aromatic hydroxyl groups is 1. The van der Waals surface area contributed by atoms with Crippen LogP contribution in [0.3, 0.4) is 0 Å². The van der Waals surface area contributed by atoms with Gasteiger partial charge in [-0.1, -0.05) is 68.0 Å². The maximum absolute atomic E-state index is 13.0. The highest BCUT2D eigenvalue weighted by Crippen LogP contribution is 2.53. The molecule has 0 bridgehead atoms. The zero-order chi connectivity index (χ0) is 32.1. The lowest BCUT2D eigenvalue weighted by atomic mass is 9.73. The number of aryl methyl sites for hydroxylation is 1. The highest BCUT2D eigenvalue weighted by molar-refractivity contribution is 8.23. The van der Waals surface area contributed by atoms with E-state index in [0.717, 1.165) is 55.2 Å². The van der Waals surface area contributed by atoms with Crippen molar-refractivity contribution >= 4 is 46.1 Å². The molecule has 0 spiro atoms. The van der Waals surface area contributed by atoms with E-state index in [1.165, 1.54) is 35.2 Å². The number of thioether (sulfide) groups is 2. The molecule has 3 aliphatic rings. The molecule has 1 aromatic carbocycles. The van der Waals surface area contributed by atoms with Crippen LogP contribution in [0.2, 0.25) is 0 Å². The van der Waals surface area contributed by atoms with Gasteiger partial charge in [-0.15, -0.1) is 11.8 Å². The summed E-state index contributed by atoms with van der Waals surface area (Å²) in [6, 6.07) is 3.86. The summed E-state index contributed by atoms with van der Waals surface area (Å²) in [7, 11) is 0. The highest BCUT2D eigenvalue weighted by atomic mass is 32.2. The van der Waals surface area contributed by atoms with Gasteiger partial charge in [-0.05, 0) is 82.3 Å². The first-order valence-corrected chi connectivity index (χ1v) is 17.6. The minimum Gasteiger partial charge on any atom is -0.507 e. The van der Waals surface area contributed by atoms with Gasteiger partial charge in [0.2, 0.25) is 4.38 Å². The number of phenols is 1. The van der Waals surface area contributed by atoms with Gasteiger partial charge in [-0.3, -0.25) is 0 Å². The van der Waals surface area contributed by atoms with Gasteiger partial charge in [0.1, 0.15) is 30.0 Å². The van der Waals surface area contributed by atoms with Crippen LogP contribution >= 0.6 is 35.7 Å². The summed E-state index contributed by atoms with van der Waals surface area (Å²) >= 11 is 8.43. The van der Waals surface area contributed by atoms with Gasteiger partial charge >= 0.3 is 5.97 Å². The smallest absolute Gasteiger partial charge is 0.355 e. The number of allylic oxidation sites excluding steroid dienone is 3. The molecule has 2 aliphatic heterocycles. The molecule has 10 heteroatoms. The third-order valence-electron chi connectivity index (χ3n) is 8.58. The fraction of sp³-hybridized carbons (Fsp3) is 0.529. The summed E-state index contributed by atoms with van der Waals surface area (Å²) in [6.45, 7) is 15.9. The number of carbonyl (C=O) groups excluding carboxylic acids is 1.